The van der Waals surface area contributed by atoms with Crippen molar-refractivity contribution < 1.29 is 19.1 Å². The summed E-state index contributed by atoms with van der Waals surface area (Å²) >= 11 is 0. The summed E-state index contributed by atoms with van der Waals surface area (Å²) in [6.07, 6.45) is 1.90. The smallest absolute Gasteiger partial charge is 0.254 e. The van der Waals surface area contributed by atoms with Gasteiger partial charge in [0.15, 0.2) is 0 Å². The second-order valence-corrected chi connectivity index (χ2v) is 11.3. The fourth-order valence-electron chi connectivity index (χ4n) is 6.14. The summed E-state index contributed by atoms with van der Waals surface area (Å²) in [6, 6.07) is 29.2. The summed E-state index contributed by atoms with van der Waals surface area (Å²) in [5.41, 5.74) is 4.67. The second-order valence-electron chi connectivity index (χ2n) is 11.3. The van der Waals surface area contributed by atoms with Gasteiger partial charge in [-0.25, -0.2) is 4.98 Å². The van der Waals surface area contributed by atoms with Gasteiger partial charge in [0.25, 0.3) is 11.8 Å². The van der Waals surface area contributed by atoms with Gasteiger partial charge in [-0.1, -0.05) is 18.2 Å². The lowest BCUT2D eigenvalue weighted by Gasteiger charge is -2.42. The monoisotopic (exact) mass is 590 g/mol. The number of rotatable bonds is 7. The predicted octanol–water partition coefficient (Wildman–Crippen LogP) is 5.50. The Morgan fingerprint density at radius 1 is 0.614 bits per heavy atom. The molecule has 226 valence electrons. The molecule has 3 aromatic carbocycles. The first-order chi connectivity index (χ1) is 21.5. The number of nitrogens with zero attached hydrogens (tertiary/aromatic N) is 4. The first-order valence-corrected chi connectivity index (χ1v) is 15.2. The average molecular weight is 591 g/mol. The van der Waals surface area contributed by atoms with Crippen LogP contribution in [-0.4, -0.2) is 91.0 Å². The Hall–Kier alpha value is -4.69. The number of ether oxygens (including phenoxy) is 2. The number of piperidine rings is 1. The van der Waals surface area contributed by atoms with Crippen molar-refractivity contribution in [3.63, 3.8) is 0 Å². The summed E-state index contributed by atoms with van der Waals surface area (Å²) in [7, 11) is 3.29. The molecule has 0 radical (unpaired) electrons. The molecule has 1 aromatic heterocycles. The van der Waals surface area contributed by atoms with Crippen LogP contribution in [0.25, 0.3) is 22.5 Å². The van der Waals surface area contributed by atoms with Crippen molar-refractivity contribution in [3.8, 4) is 34.0 Å². The Kier molecular flexibility index (Phi) is 8.89. The first kappa shape index (κ1) is 29.4. The standard InChI is InChI=1S/C36H38N4O4/c1-43-31-12-8-26(9-13-31)33-24-29(25-34(37-33)27-10-14-32(44-2)15-11-27)36(42)40-22-20-38(21-23-40)30-16-18-39(19-17-30)35(41)28-6-4-3-5-7-28/h3-15,24-25,30H,16-23H2,1-2H3. The van der Waals surface area contributed by atoms with Crippen molar-refractivity contribution in [1.82, 2.24) is 19.7 Å². The lowest BCUT2D eigenvalue weighted by atomic mass is 10.0. The summed E-state index contributed by atoms with van der Waals surface area (Å²) in [4.78, 5) is 38.1. The molecule has 8 heteroatoms. The molecule has 4 aromatic rings. The molecular formula is C36H38N4O4. The van der Waals surface area contributed by atoms with Gasteiger partial charge in [-0.2, -0.15) is 0 Å². The minimum absolute atomic E-state index is 0.0138. The molecular weight excluding hydrogens is 552 g/mol. The molecule has 0 N–H and O–H groups in total. The van der Waals surface area contributed by atoms with Gasteiger partial charge in [0.2, 0.25) is 0 Å². The predicted molar refractivity (Wildman–Crippen MR) is 171 cm³/mol. The third kappa shape index (κ3) is 6.45. The maximum absolute atomic E-state index is 13.9. The highest BCUT2D eigenvalue weighted by atomic mass is 16.5. The van der Waals surface area contributed by atoms with Crippen LogP contribution in [0.2, 0.25) is 0 Å². The Morgan fingerprint density at radius 3 is 1.59 bits per heavy atom. The molecule has 0 atom stereocenters. The van der Waals surface area contributed by atoms with Gasteiger partial charge in [-0.05, 0) is 85.6 Å². The average Bonchev–Trinajstić information content (AvgIpc) is 3.11. The van der Waals surface area contributed by atoms with Crippen molar-refractivity contribution in [2.24, 2.45) is 0 Å². The van der Waals surface area contributed by atoms with Gasteiger partial charge in [-0.3, -0.25) is 14.5 Å². The van der Waals surface area contributed by atoms with E-state index in [4.69, 9.17) is 14.5 Å². The molecule has 6 rings (SSSR count). The Labute approximate surface area is 258 Å². The number of carbonyl (C=O) groups excluding carboxylic acids is 2. The van der Waals surface area contributed by atoms with Crippen LogP contribution in [-0.2, 0) is 0 Å². The van der Waals surface area contributed by atoms with E-state index in [-0.39, 0.29) is 11.8 Å². The molecule has 3 heterocycles. The highest BCUT2D eigenvalue weighted by molar-refractivity contribution is 5.96. The number of methoxy groups -OCH3 is 2. The minimum Gasteiger partial charge on any atom is -0.497 e. The molecule has 0 saturated carbocycles. The van der Waals surface area contributed by atoms with Crippen LogP contribution in [0.1, 0.15) is 33.6 Å². The minimum atomic E-state index is 0.0138. The van der Waals surface area contributed by atoms with E-state index >= 15 is 0 Å². The van der Waals surface area contributed by atoms with E-state index in [0.717, 1.165) is 78.6 Å². The number of pyridine rings is 1. The van der Waals surface area contributed by atoms with E-state index in [0.29, 0.717) is 24.7 Å². The molecule has 0 aliphatic carbocycles. The molecule has 44 heavy (non-hydrogen) atoms. The number of hydrogen-bond donors (Lipinski definition) is 0. The lowest BCUT2D eigenvalue weighted by molar-refractivity contribution is 0.0412. The highest BCUT2D eigenvalue weighted by Gasteiger charge is 2.31. The molecule has 2 amide bonds. The first-order valence-electron chi connectivity index (χ1n) is 15.2. The summed E-state index contributed by atoms with van der Waals surface area (Å²) in [5, 5.41) is 0. The highest BCUT2D eigenvalue weighted by Crippen LogP contribution is 2.29. The summed E-state index contributed by atoms with van der Waals surface area (Å²) in [5.74, 6) is 1.66. The number of likely N-dealkylation sites (tertiary alicyclic amines) is 1. The maximum atomic E-state index is 13.9. The molecule has 2 saturated heterocycles. The molecule has 2 aliphatic heterocycles. The quantitative estimate of drug-likeness (QED) is 0.283. The van der Waals surface area contributed by atoms with Gasteiger partial charge < -0.3 is 19.3 Å². The van der Waals surface area contributed by atoms with Gasteiger partial charge >= 0.3 is 0 Å². The number of piperazine rings is 1. The van der Waals surface area contributed by atoms with Crippen LogP contribution < -0.4 is 9.47 Å². The van der Waals surface area contributed by atoms with Gasteiger partial charge in [0, 0.05) is 67.6 Å². The summed E-state index contributed by atoms with van der Waals surface area (Å²) in [6.45, 7) is 4.50. The second kappa shape index (κ2) is 13.3. The Morgan fingerprint density at radius 2 is 1.09 bits per heavy atom. The van der Waals surface area contributed by atoms with Crippen molar-refractivity contribution in [1.29, 1.82) is 0 Å². The molecule has 0 bridgehead atoms. The van der Waals surface area contributed by atoms with Crippen LogP contribution in [0.15, 0.2) is 91.0 Å². The molecule has 0 spiro atoms. The lowest BCUT2D eigenvalue weighted by Crippen LogP contribution is -2.54. The number of hydrogen-bond acceptors (Lipinski definition) is 6. The zero-order valence-corrected chi connectivity index (χ0v) is 25.3. The largest absolute Gasteiger partial charge is 0.497 e. The zero-order chi connectivity index (χ0) is 30.5. The maximum Gasteiger partial charge on any atom is 0.254 e. The van der Waals surface area contributed by atoms with Gasteiger partial charge in [-0.15, -0.1) is 0 Å². The number of carbonyl (C=O) groups is 2. The Balaban J connectivity index is 1.14. The van der Waals surface area contributed by atoms with E-state index in [2.05, 4.69) is 4.90 Å². The van der Waals surface area contributed by atoms with E-state index in [1.54, 1.807) is 14.2 Å². The number of benzene rings is 3. The van der Waals surface area contributed by atoms with Crippen molar-refractivity contribution in [2.45, 2.75) is 18.9 Å². The van der Waals surface area contributed by atoms with Crippen molar-refractivity contribution in [3.05, 3.63) is 102 Å². The van der Waals surface area contributed by atoms with E-state index in [9.17, 15) is 9.59 Å². The van der Waals surface area contributed by atoms with Crippen molar-refractivity contribution in [2.75, 3.05) is 53.5 Å². The van der Waals surface area contributed by atoms with Crippen molar-refractivity contribution >= 4 is 11.8 Å². The van der Waals surface area contributed by atoms with Gasteiger partial charge in [0.05, 0.1) is 25.6 Å². The molecule has 0 unspecified atom stereocenters. The van der Waals surface area contributed by atoms with E-state index in [1.165, 1.54) is 0 Å². The number of aromatic nitrogens is 1. The van der Waals surface area contributed by atoms with Gasteiger partial charge in [0.1, 0.15) is 11.5 Å². The zero-order valence-electron chi connectivity index (χ0n) is 25.3. The van der Waals surface area contributed by atoms with Crippen LogP contribution in [0.5, 0.6) is 11.5 Å². The third-order valence-electron chi connectivity index (χ3n) is 8.73. The fourth-order valence-corrected chi connectivity index (χ4v) is 6.14. The molecule has 2 aliphatic rings. The topological polar surface area (TPSA) is 75.2 Å². The third-order valence-corrected chi connectivity index (χ3v) is 8.73. The molecule has 8 nitrogen and oxygen atoms in total. The van der Waals surface area contributed by atoms with Crippen LogP contribution in [0, 0.1) is 0 Å². The number of amides is 2. The van der Waals surface area contributed by atoms with E-state index < -0.39 is 0 Å². The van der Waals surface area contributed by atoms with Crippen LogP contribution >= 0.6 is 0 Å². The summed E-state index contributed by atoms with van der Waals surface area (Å²) < 4.78 is 10.7. The van der Waals surface area contributed by atoms with Crippen LogP contribution in [0.4, 0.5) is 0 Å². The molecule has 2 fully saturated rings. The Bertz CT molecular complexity index is 1510. The normalized spacial score (nSPS) is 16.0. The SMILES string of the molecule is COc1ccc(-c2cc(C(=O)N3CCN(C4CCN(C(=O)c5ccccc5)CC4)CC3)cc(-c3ccc(OC)cc3)n2)cc1. The fraction of sp³-hybridized carbons (Fsp3) is 0.306. The van der Waals surface area contributed by atoms with E-state index in [1.807, 2.05) is 101 Å². The van der Waals surface area contributed by atoms with Crippen LogP contribution in [0.3, 0.4) is 0 Å².